The Kier molecular flexibility index (Phi) is 4.19. The average Bonchev–Trinajstić information content (AvgIpc) is 2.80. The van der Waals surface area contributed by atoms with Crippen LogP contribution >= 0.6 is 0 Å². The first-order valence-corrected chi connectivity index (χ1v) is 8.21. The number of hydrogen-bond acceptors (Lipinski definition) is 2. The predicted octanol–water partition coefficient (Wildman–Crippen LogP) is 2.63. The molecule has 1 aromatic carbocycles. The third kappa shape index (κ3) is 3.01. The van der Waals surface area contributed by atoms with E-state index < -0.39 is 0 Å². The van der Waals surface area contributed by atoms with Crippen LogP contribution in [0.4, 0.5) is 0 Å². The van der Waals surface area contributed by atoms with E-state index in [4.69, 9.17) is 0 Å². The Labute approximate surface area is 131 Å². The Balaban J connectivity index is 1.70. The first-order valence-electron chi connectivity index (χ1n) is 8.21. The van der Waals surface area contributed by atoms with E-state index in [1.54, 1.807) is 6.92 Å². The lowest BCUT2D eigenvalue weighted by Crippen LogP contribution is -2.50. The predicted molar refractivity (Wildman–Crippen MR) is 85.0 cm³/mol. The van der Waals surface area contributed by atoms with Crippen molar-refractivity contribution in [1.82, 2.24) is 10.2 Å². The van der Waals surface area contributed by atoms with E-state index in [9.17, 15) is 9.59 Å². The number of benzene rings is 1. The van der Waals surface area contributed by atoms with E-state index in [1.807, 2.05) is 18.2 Å². The van der Waals surface area contributed by atoms with E-state index in [2.05, 4.69) is 22.3 Å². The molecule has 4 nitrogen and oxygen atoms in total. The van der Waals surface area contributed by atoms with Gasteiger partial charge in [0.1, 0.15) is 0 Å². The summed E-state index contributed by atoms with van der Waals surface area (Å²) in [5, 5.41) is 3.02. The van der Waals surface area contributed by atoms with Crippen molar-refractivity contribution in [2.45, 2.75) is 63.6 Å². The summed E-state index contributed by atoms with van der Waals surface area (Å²) in [7, 11) is 0. The SMILES string of the molecule is CC(=O)NC1CCC2(CCC(=O)N2Cc2ccccc2)CC1. The molecular formula is C18H24N2O2. The minimum absolute atomic E-state index is 0.0158. The number of amides is 2. The number of rotatable bonds is 3. The molecule has 1 aliphatic carbocycles. The zero-order valence-electron chi connectivity index (χ0n) is 13.2. The lowest BCUT2D eigenvalue weighted by molar-refractivity contribution is -0.133. The molecule has 0 bridgehead atoms. The Bertz CT molecular complexity index is 547. The molecule has 0 atom stereocenters. The zero-order valence-corrected chi connectivity index (χ0v) is 13.2. The molecular weight excluding hydrogens is 276 g/mol. The highest BCUT2D eigenvalue weighted by molar-refractivity contribution is 5.79. The Morgan fingerprint density at radius 1 is 1.23 bits per heavy atom. The fourth-order valence-electron chi connectivity index (χ4n) is 4.00. The topological polar surface area (TPSA) is 49.4 Å². The average molecular weight is 300 g/mol. The maximum absolute atomic E-state index is 12.4. The Morgan fingerprint density at radius 2 is 1.91 bits per heavy atom. The van der Waals surface area contributed by atoms with Gasteiger partial charge in [0.2, 0.25) is 11.8 Å². The van der Waals surface area contributed by atoms with E-state index in [-0.39, 0.29) is 23.4 Å². The second kappa shape index (κ2) is 6.11. The van der Waals surface area contributed by atoms with Crippen molar-refractivity contribution in [2.75, 3.05) is 0 Å². The van der Waals surface area contributed by atoms with E-state index in [1.165, 1.54) is 5.56 Å². The summed E-state index contributed by atoms with van der Waals surface area (Å²) in [5.41, 5.74) is 1.21. The fourth-order valence-corrected chi connectivity index (χ4v) is 4.00. The van der Waals surface area contributed by atoms with Crippen molar-refractivity contribution >= 4 is 11.8 Å². The van der Waals surface area contributed by atoms with Crippen LogP contribution < -0.4 is 5.32 Å². The number of likely N-dealkylation sites (tertiary alicyclic amines) is 1. The quantitative estimate of drug-likeness (QED) is 0.933. The summed E-state index contributed by atoms with van der Waals surface area (Å²) in [6.07, 6.45) is 5.56. The molecule has 1 saturated heterocycles. The van der Waals surface area contributed by atoms with Crippen LogP contribution in [0.25, 0.3) is 0 Å². The van der Waals surface area contributed by atoms with Gasteiger partial charge in [-0.2, -0.15) is 0 Å². The van der Waals surface area contributed by atoms with Gasteiger partial charge >= 0.3 is 0 Å². The van der Waals surface area contributed by atoms with Crippen molar-refractivity contribution in [1.29, 1.82) is 0 Å². The van der Waals surface area contributed by atoms with Crippen molar-refractivity contribution in [3.05, 3.63) is 35.9 Å². The molecule has 4 heteroatoms. The van der Waals surface area contributed by atoms with Crippen molar-refractivity contribution in [2.24, 2.45) is 0 Å². The fraction of sp³-hybridized carbons (Fsp3) is 0.556. The number of nitrogens with one attached hydrogen (secondary N) is 1. The van der Waals surface area contributed by atoms with Crippen LogP contribution in [0.2, 0.25) is 0 Å². The maximum atomic E-state index is 12.4. The smallest absolute Gasteiger partial charge is 0.223 e. The summed E-state index contributed by atoms with van der Waals surface area (Å²) >= 11 is 0. The molecule has 1 N–H and O–H groups in total. The Morgan fingerprint density at radius 3 is 2.55 bits per heavy atom. The first-order chi connectivity index (χ1) is 10.6. The molecule has 2 amide bonds. The molecule has 1 aromatic rings. The lowest BCUT2D eigenvalue weighted by Gasteiger charge is -2.44. The number of hydrogen-bond donors (Lipinski definition) is 1. The maximum Gasteiger partial charge on any atom is 0.223 e. The van der Waals surface area contributed by atoms with Crippen molar-refractivity contribution in [3.8, 4) is 0 Å². The molecule has 2 aliphatic rings. The van der Waals surface area contributed by atoms with Gasteiger partial charge in [-0.25, -0.2) is 0 Å². The van der Waals surface area contributed by atoms with Gasteiger partial charge in [0.15, 0.2) is 0 Å². The Hall–Kier alpha value is -1.84. The van der Waals surface area contributed by atoms with Crippen LogP contribution in [0.5, 0.6) is 0 Å². The normalized spacial score (nSPS) is 28.1. The summed E-state index contributed by atoms with van der Waals surface area (Å²) in [5.74, 6) is 0.325. The second-order valence-corrected chi connectivity index (χ2v) is 6.66. The van der Waals surface area contributed by atoms with Gasteiger partial charge in [-0.15, -0.1) is 0 Å². The monoisotopic (exact) mass is 300 g/mol. The molecule has 0 aromatic heterocycles. The summed E-state index contributed by atoms with van der Waals surface area (Å²) < 4.78 is 0. The molecule has 0 unspecified atom stereocenters. The lowest BCUT2D eigenvalue weighted by atomic mass is 9.77. The molecule has 3 rings (SSSR count). The largest absolute Gasteiger partial charge is 0.354 e. The van der Waals surface area contributed by atoms with E-state index in [0.717, 1.165) is 32.1 Å². The van der Waals surface area contributed by atoms with Crippen LogP contribution in [0.1, 0.15) is 51.0 Å². The highest BCUT2D eigenvalue weighted by atomic mass is 16.2. The molecule has 1 spiro atoms. The van der Waals surface area contributed by atoms with Gasteiger partial charge in [-0.3, -0.25) is 9.59 Å². The van der Waals surface area contributed by atoms with Crippen LogP contribution in [-0.4, -0.2) is 28.3 Å². The molecule has 22 heavy (non-hydrogen) atoms. The summed E-state index contributed by atoms with van der Waals surface area (Å²) in [4.78, 5) is 25.7. The first kappa shape index (κ1) is 15.1. The second-order valence-electron chi connectivity index (χ2n) is 6.66. The third-order valence-electron chi connectivity index (χ3n) is 5.19. The van der Waals surface area contributed by atoms with Crippen LogP contribution in [-0.2, 0) is 16.1 Å². The molecule has 1 saturated carbocycles. The minimum atomic E-state index is 0.0158. The summed E-state index contributed by atoms with van der Waals surface area (Å²) in [6, 6.07) is 10.5. The summed E-state index contributed by atoms with van der Waals surface area (Å²) in [6.45, 7) is 2.29. The number of carbonyl (C=O) groups is 2. The van der Waals surface area contributed by atoms with Gasteiger partial charge in [0.25, 0.3) is 0 Å². The highest BCUT2D eigenvalue weighted by Crippen LogP contribution is 2.43. The zero-order chi connectivity index (χ0) is 15.6. The van der Waals surface area contributed by atoms with Crippen molar-refractivity contribution < 1.29 is 9.59 Å². The van der Waals surface area contributed by atoms with Gasteiger partial charge in [-0.1, -0.05) is 30.3 Å². The molecule has 0 radical (unpaired) electrons. The highest BCUT2D eigenvalue weighted by Gasteiger charge is 2.46. The van der Waals surface area contributed by atoms with Gasteiger partial charge in [-0.05, 0) is 37.7 Å². The van der Waals surface area contributed by atoms with Crippen LogP contribution in [0.15, 0.2) is 30.3 Å². The number of nitrogens with zero attached hydrogens (tertiary/aromatic N) is 1. The van der Waals surface area contributed by atoms with E-state index in [0.29, 0.717) is 13.0 Å². The van der Waals surface area contributed by atoms with Crippen molar-refractivity contribution in [3.63, 3.8) is 0 Å². The molecule has 1 aliphatic heterocycles. The molecule has 1 heterocycles. The van der Waals surface area contributed by atoms with Gasteiger partial charge in [0, 0.05) is 31.5 Å². The third-order valence-corrected chi connectivity index (χ3v) is 5.19. The molecule has 2 fully saturated rings. The van der Waals surface area contributed by atoms with Crippen LogP contribution in [0, 0.1) is 0 Å². The molecule has 118 valence electrons. The minimum Gasteiger partial charge on any atom is -0.354 e. The van der Waals surface area contributed by atoms with Gasteiger partial charge < -0.3 is 10.2 Å². The standard InChI is InChI=1S/C18H24N2O2/c1-14(21)19-16-7-10-18(11-8-16)12-9-17(22)20(18)13-15-5-3-2-4-6-15/h2-6,16H,7-13H2,1H3,(H,19,21). The van der Waals surface area contributed by atoms with Gasteiger partial charge in [0.05, 0.1) is 0 Å². The van der Waals surface area contributed by atoms with Crippen LogP contribution in [0.3, 0.4) is 0 Å². The number of carbonyl (C=O) groups excluding carboxylic acids is 2. The van der Waals surface area contributed by atoms with E-state index >= 15 is 0 Å².